The van der Waals surface area contributed by atoms with Gasteiger partial charge in [0, 0.05) is 77.5 Å². The van der Waals surface area contributed by atoms with Gasteiger partial charge in [0.05, 0.1) is 11.6 Å². The largest absolute Gasteiger partial charge is 0.444 e. The zero-order chi connectivity index (χ0) is 25.9. The fourth-order valence-corrected chi connectivity index (χ4v) is 5.98. The van der Waals surface area contributed by atoms with Gasteiger partial charge in [0.25, 0.3) is 0 Å². The summed E-state index contributed by atoms with van der Waals surface area (Å²) in [6.07, 6.45) is 4.77. The van der Waals surface area contributed by atoms with Crippen LogP contribution in [0.3, 0.4) is 0 Å². The number of carbonyl (C=O) groups excluding carboxylic acids is 1. The molecule has 204 valence electrons. The normalized spacial score (nSPS) is 25.4. The van der Waals surface area contributed by atoms with E-state index in [2.05, 4.69) is 34.4 Å². The minimum atomic E-state index is -0.467. The molecule has 3 fully saturated rings. The summed E-state index contributed by atoms with van der Waals surface area (Å²) in [6, 6.07) is 3.15. The lowest BCUT2D eigenvalue weighted by Crippen LogP contribution is -2.63. The van der Waals surface area contributed by atoms with Crippen molar-refractivity contribution < 1.29 is 19.0 Å². The van der Waals surface area contributed by atoms with Gasteiger partial charge in [0.15, 0.2) is 5.82 Å². The van der Waals surface area contributed by atoms with Crippen LogP contribution < -0.4 is 4.90 Å². The zero-order valence-electron chi connectivity index (χ0n) is 23.3. The van der Waals surface area contributed by atoms with Gasteiger partial charge >= 0.3 is 6.09 Å². The molecule has 4 rings (SSSR count). The number of hydrogen-bond donors (Lipinski definition) is 0. The number of carbonyl (C=O) groups is 1. The highest BCUT2D eigenvalue weighted by Crippen LogP contribution is 2.34. The molecule has 0 spiro atoms. The molecular formula is C27H47N5O4. The number of nitrogens with zero attached hydrogens (tertiary/aromatic N) is 5. The molecule has 4 heterocycles. The Kier molecular flexibility index (Phi) is 8.52. The van der Waals surface area contributed by atoms with E-state index in [4.69, 9.17) is 19.3 Å². The standard InChI is InChI=1S/C27H47N5O4/c1-21-19-24(28-32(21)23-7-12-29(13-8-23)25(33)36-26(2,3)4)31-15-14-30(22-9-16-35-17-10-22)20-27(31,5)11-18-34-6/h19,22-23H,7-18,20H2,1-6H3/t27-/m0/s1. The number of aromatic nitrogens is 2. The summed E-state index contributed by atoms with van der Waals surface area (Å²) in [5, 5.41) is 5.16. The summed E-state index contributed by atoms with van der Waals surface area (Å²) in [5.74, 6) is 1.06. The van der Waals surface area contributed by atoms with Crippen LogP contribution in [0.15, 0.2) is 6.07 Å². The molecule has 36 heavy (non-hydrogen) atoms. The van der Waals surface area contributed by atoms with E-state index in [1.807, 2.05) is 25.7 Å². The van der Waals surface area contributed by atoms with Gasteiger partial charge in [-0.25, -0.2) is 4.79 Å². The molecule has 3 aliphatic rings. The van der Waals surface area contributed by atoms with Crippen molar-refractivity contribution in [2.75, 3.05) is 64.6 Å². The van der Waals surface area contributed by atoms with Crippen LogP contribution in [0.4, 0.5) is 10.6 Å². The van der Waals surface area contributed by atoms with Gasteiger partial charge in [0.2, 0.25) is 0 Å². The van der Waals surface area contributed by atoms with E-state index in [0.717, 1.165) is 77.4 Å². The Balaban J connectivity index is 1.44. The summed E-state index contributed by atoms with van der Waals surface area (Å²) < 4.78 is 18.9. The first kappa shape index (κ1) is 27.2. The maximum absolute atomic E-state index is 12.5. The smallest absolute Gasteiger partial charge is 0.410 e. The Hall–Kier alpha value is -1.84. The molecule has 1 amide bonds. The van der Waals surface area contributed by atoms with E-state index in [1.165, 1.54) is 5.69 Å². The lowest BCUT2D eigenvalue weighted by atomic mass is 9.90. The number of aryl methyl sites for hydroxylation is 1. The molecule has 9 nitrogen and oxygen atoms in total. The Morgan fingerprint density at radius 2 is 1.81 bits per heavy atom. The van der Waals surface area contributed by atoms with E-state index in [1.54, 1.807) is 7.11 Å². The first-order chi connectivity index (χ1) is 17.1. The van der Waals surface area contributed by atoms with Crippen molar-refractivity contribution in [1.29, 1.82) is 0 Å². The second kappa shape index (κ2) is 11.3. The number of piperazine rings is 1. The quantitative estimate of drug-likeness (QED) is 0.581. The molecular weight excluding hydrogens is 458 g/mol. The average Bonchev–Trinajstić information content (AvgIpc) is 3.23. The number of rotatable bonds is 6. The third-order valence-electron chi connectivity index (χ3n) is 8.01. The van der Waals surface area contributed by atoms with Crippen molar-refractivity contribution in [2.45, 2.75) is 89.9 Å². The fourth-order valence-electron chi connectivity index (χ4n) is 5.98. The molecule has 0 radical (unpaired) electrons. The summed E-state index contributed by atoms with van der Waals surface area (Å²) in [6.45, 7) is 17.2. The SMILES string of the molecule is COCC[C@@]1(C)CN(C2CCOCC2)CCN1c1cc(C)n(C2CCN(C(=O)OC(C)(C)C)CC2)n1. The van der Waals surface area contributed by atoms with Crippen molar-refractivity contribution in [2.24, 2.45) is 0 Å². The highest BCUT2D eigenvalue weighted by atomic mass is 16.6. The number of amides is 1. The summed E-state index contributed by atoms with van der Waals surface area (Å²) >= 11 is 0. The van der Waals surface area contributed by atoms with Crippen molar-refractivity contribution in [1.82, 2.24) is 19.6 Å². The highest BCUT2D eigenvalue weighted by molar-refractivity contribution is 5.68. The molecule has 0 aliphatic carbocycles. The summed E-state index contributed by atoms with van der Waals surface area (Å²) in [7, 11) is 1.79. The third-order valence-corrected chi connectivity index (χ3v) is 8.01. The molecule has 1 aromatic rings. The van der Waals surface area contributed by atoms with Crippen molar-refractivity contribution in [3.63, 3.8) is 0 Å². The van der Waals surface area contributed by atoms with Gasteiger partial charge in [-0.2, -0.15) is 5.10 Å². The number of ether oxygens (including phenoxy) is 3. The first-order valence-corrected chi connectivity index (χ1v) is 13.7. The number of likely N-dealkylation sites (tertiary alicyclic amines) is 1. The topological polar surface area (TPSA) is 72.3 Å². The number of piperidine rings is 1. The summed E-state index contributed by atoms with van der Waals surface area (Å²) in [5.41, 5.74) is 0.672. The van der Waals surface area contributed by atoms with Gasteiger partial charge in [-0.05, 0) is 66.7 Å². The monoisotopic (exact) mass is 505 g/mol. The van der Waals surface area contributed by atoms with Crippen LogP contribution in [0, 0.1) is 6.92 Å². The molecule has 0 bridgehead atoms. The summed E-state index contributed by atoms with van der Waals surface area (Å²) in [4.78, 5) is 19.5. The second-order valence-electron chi connectivity index (χ2n) is 12.0. The average molecular weight is 506 g/mol. The van der Waals surface area contributed by atoms with Crippen LogP contribution >= 0.6 is 0 Å². The highest BCUT2D eigenvalue weighted by Gasteiger charge is 2.41. The fraction of sp³-hybridized carbons (Fsp3) is 0.852. The van der Waals surface area contributed by atoms with Crippen LogP contribution in [-0.4, -0.2) is 103 Å². The molecule has 9 heteroatoms. The molecule has 0 saturated carbocycles. The lowest BCUT2D eigenvalue weighted by molar-refractivity contribution is 0.0146. The van der Waals surface area contributed by atoms with Gasteiger partial charge in [-0.1, -0.05) is 0 Å². The van der Waals surface area contributed by atoms with Gasteiger partial charge in [0.1, 0.15) is 5.60 Å². The van der Waals surface area contributed by atoms with Crippen molar-refractivity contribution in [3.8, 4) is 0 Å². The number of hydrogen-bond acceptors (Lipinski definition) is 7. The van der Waals surface area contributed by atoms with Gasteiger partial charge < -0.3 is 24.0 Å². The van der Waals surface area contributed by atoms with Crippen LogP contribution in [0.2, 0.25) is 0 Å². The van der Waals surface area contributed by atoms with Crippen LogP contribution in [-0.2, 0) is 14.2 Å². The van der Waals surface area contributed by atoms with E-state index in [0.29, 0.717) is 25.2 Å². The third kappa shape index (κ3) is 6.34. The maximum Gasteiger partial charge on any atom is 0.410 e. The van der Waals surface area contributed by atoms with Crippen LogP contribution in [0.5, 0.6) is 0 Å². The molecule has 0 unspecified atom stereocenters. The molecule has 3 saturated heterocycles. The van der Waals surface area contributed by atoms with Crippen LogP contribution in [0.25, 0.3) is 0 Å². The minimum absolute atomic E-state index is 0.0434. The van der Waals surface area contributed by atoms with Crippen molar-refractivity contribution in [3.05, 3.63) is 11.8 Å². The lowest BCUT2D eigenvalue weighted by Gasteiger charge is -2.52. The minimum Gasteiger partial charge on any atom is -0.444 e. The second-order valence-corrected chi connectivity index (χ2v) is 12.0. The van der Waals surface area contributed by atoms with Crippen molar-refractivity contribution >= 4 is 11.9 Å². The Labute approximate surface area is 217 Å². The Morgan fingerprint density at radius 3 is 2.44 bits per heavy atom. The van der Waals surface area contributed by atoms with E-state index >= 15 is 0 Å². The Morgan fingerprint density at radius 1 is 1.11 bits per heavy atom. The molecule has 0 aromatic carbocycles. The maximum atomic E-state index is 12.5. The Bertz CT molecular complexity index is 870. The molecule has 1 atom stereocenters. The number of anilines is 1. The van der Waals surface area contributed by atoms with Crippen LogP contribution in [0.1, 0.15) is 71.5 Å². The zero-order valence-corrected chi connectivity index (χ0v) is 23.3. The predicted molar refractivity (Wildman–Crippen MR) is 141 cm³/mol. The molecule has 3 aliphatic heterocycles. The first-order valence-electron chi connectivity index (χ1n) is 13.7. The molecule has 0 N–H and O–H groups in total. The molecule has 1 aromatic heterocycles. The van der Waals surface area contributed by atoms with E-state index in [-0.39, 0.29) is 11.6 Å². The van der Waals surface area contributed by atoms with E-state index < -0.39 is 5.60 Å². The van der Waals surface area contributed by atoms with Gasteiger partial charge in [-0.15, -0.1) is 0 Å². The van der Waals surface area contributed by atoms with Gasteiger partial charge in [-0.3, -0.25) is 9.58 Å². The van der Waals surface area contributed by atoms with E-state index in [9.17, 15) is 4.79 Å². The number of methoxy groups -OCH3 is 1. The predicted octanol–water partition coefficient (Wildman–Crippen LogP) is 3.86.